The van der Waals surface area contributed by atoms with Crippen LogP contribution in [-0.4, -0.2) is 47.9 Å². The first-order valence-electron chi connectivity index (χ1n) is 13.9. The molecule has 2 unspecified atom stereocenters. The Bertz CT molecular complexity index is 1100. The number of benzene rings is 1. The Labute approximate surface area is 214 Å². The van der Waals surface area contributed by atoms with Gasteiger partial charge in [-0.25, -0.2) is 0 Å². The van der Waals surface area contributed by atoms with E-state index in [1.54, 1.807) is 6.20 Å². The summed E-state index contributed by atoms with van der Waals surface area (Å²) in [6.45, 7) is 5.21. The molecule has 2 amide bonds. The summed E-state index contributed by atoms with van der Waals surface area (Å²) in [7, 11) is 0. The summed E-state index contributed by atoms with van der Waals surface area (Å²) in [4.78, 5) is 34.3. The number of likely N-dealkylation sites (tertiary alicyclic amines) is 1. The standard InChI is InChI=1S/C30H38N4O2/c1-20-28(3-2-12-31-20)34-18-26(19-34)30(36)32-27-8-6-22(7-9-27)23-10-13-33(14-11-23)29(35)17-25-16-21-4-5-24(25)15-21/h2-3,6-9,12,21,23-26H,4-5,10-11,13-19H2,1H3,(H,32,36)/t21?,24-,25?/m0/s1. The molecule has 0 radical (unpaired) electrons. The van der Waals surface area contributed by atoms with Gasteiger partial charge in [0.05, 0.1) is 17.3 Å². The van der Waals surface area contributed by atoms with Crippen molar-refractivity contribution in [1.29, 1.82) is 0 Å². The lowest BCUT2D eigenvalue weighted by Gasteiger charge is -2.40. The Hall–Kier alpha value is -2.89. The van der Waals surface area contributed by atoms with Gasteiger partial charge in [0.25, 0.3) is 0 Å². The molecule has 6 heteroatoms. The molecule has 2 bridgehead atoms. The van der Waals surface area contributed by atoms with Gasteiger partial charge in [-0.15, -0.1) is 0 Å². The topological polar surface area (TPSA) is 65.5 Å². The van der Waals surface area contributed by atoms with Crippen LogP contribution in [-0.2, 0) is 9.59 Å². The Kier molecular flexibility index (Phi) is 6.44. The van der Waals surface area contributed by atoms with Gasteiger partial charge in [-0.1, -0.05) is 18.6 Å². The van der Waals surface area contributed by atoms with Crippen molar-refractivity contribution < 1.29 is 9.59 Å². The molecule has 2 aromatic rings. The van der Waals surface area contributed by atoms with Crippen LogP contribution in [0.1, 0.15) is 62.1 Å². The second kappa shape index (κ2) is 9.87. The van der Waals surface area contributed by atoms with Gasteiger partial charge < -0.3 is 15.1 Å². The lowest BCUT2D eigenvalue weighted by Crippen LogP contribution is -2.52. The van der Waals surface area contributed by atoms with Crippen molar-refractivity contribution in [3.05, 3.63) is 53.9 Å². The van der Waals surface area contributed by atoms with E-state index in [0.717, 1.165) is 74.3 Å². The van der Waals surface area contributed by atoms with E-state index in [-0.39, 0.29) is 11.8 Å². The van der Waals surface area contributed by atoms with Gasteiger partial charge in [-0.3, -0.25) is 14.6 Å². The summed E-state index contributed by atoms with van der Waals surface area (Å²) in [6.07, 6.45) is 10.1. The van der Waals surface area contributed by atoms with Gasteiger partial charge in [0.15, 0.2) is 0 Å². The number of rotatable bonds is 6. The summed E-state index contributed by atoms with van der Waals surface area (Å²) in [5.74, 6) is 3.35. The zero-order chi connectivity index (χ0) is 24.6. The molecular formula is C30H38N4O2. The Balaban J connectivity index is 0.953. The third kappa shape index (κ3) is 4.74. The molecule has 4 aliphatic rings. The zero-order valence-electron chi connectivity index (χ0n) is 21.4. The van der Waals surface area contributed by atoms with Gasteiger partial charge >= 0.3 is 0 Å². The number of carbonyl (C=O) groups excluding carboxylic acids is 2. The molecule has 2 saturated carbocycles. The van der Waals surface area contributed by atoms with Crippen molar-refractivity contribution in [1.82, 2.24) is 9.88 Å². The van der Waals surface area contributed by atoms with Crippen LogP contribution < -0.4 is 10.2 Å². The van der Waals surface area contributed by atoms with Crippen molar-refractivity contribution in [2.75, 3.05) is 36.4 Å². The fourth-order valence-electron chi connectivity index (χ4n) is 7.18. The van der Waals surface area contributed by atoms with E-state index < -0.39 is 0 Å². The fourth-order valence-corrected chi connectivity index (χ4v) is 7.18. The van der Waals surface area contributed by atoms with Crippen molar-refractivity contribution in [3.63, 3.8) is 0 Å². The number of aryl methyl sites for hydroxylation is 1. The molecule has 6 nitrogen and oxygen atoms in total. The minimum Gasteiger partial charge on any atom is -0.368 e. The van der Waals surface area contributed by atoms with Gasteiger partial charge in [0, 0.05) is 44.5 Å². The SMILES string of the molecule is Cc1ncccc1N1CC(C(=O)Nc2ccc(C3CCN(C(=O)CC4CC5CC[C@H]4C5)CC3)cc2)C1. The number of piperidine rings is 1. The third-order valence-corrected chi connectivity index (χ3v) is 9.39. The van der Waals surface area contributed by atoms with Crippen LogP contribution >= 0.6 is 0 Å². The highest BCUT2D eigenvalue weighted by Gasteiger charge is 2.41. The summed E-state index contributed by atoms with van der Waals surface area (Å²) >= 11 is 0. The van der Waals surface area contributed by atoms with Crippen molar-refractivity contribution >= 4 is 23.2 Å². The second-order valence-corrected chi connectivity index (χ2v) is 11.6. The maximum atomic E-state index is 12.9. The zero-order valence-corrected chi connectivity index (χ0v) is 21.4. The van der Waals surface area contributed by atoms with E-state index in [2.05, 4.69) is 38.3 Å². The van der Waals surface area contributed by atoms with Crippen LogP contribution in [0.4, 0.5) is 11.4 Å². The van der Waals surface area contributed by atoms with E-state index in [1.165, 1.54) is 31.2 Å². The molecule has 0 spiro atoms. The van der Waals surface area contributed by atoms with Crippen molar-refractivity contribution in [3.8, 4) is 0 Å². The molecule has 6 rings (SSSR count). The highest BCUT2D eigenvalue weighted by atomic mass is 16.2. The fraction of sp³-hybridized carbons (Fsp3) is 0.567. The number of nitrogens with one attached hydrogen (secondary N) is 1. The maximum absolute atomic E-state index is 12.9. The summed E-state index contributed by atoms with van der Waals surface area (Å²) in [5, 5.41) is 3.09. The molecule has 1 aromatic carbocycles. The summed E-state index contributed by atoms with van der Waals surface area (Å²) < 4.78 is 0. The largest absolute Gasteiger partial charge is 0.368 e. The highest BCUT2D eigenvalue weighted by molar-refractivity contribution is 5.94. The first kappa shape index (κ1) is 23.5. The van der Waals surface area contributed by atoms with Crippen molar-refractivity contribution in [2.24, 2.45) is 23.7 Å². The van der Waals surface area contributed by atoms with Crippen LogP contribution in [0.15, 0.2) is 42.6 Å². The maximum Gasteiger partial charge on any atom is 0.231 e. The molecule has 2 aliphatic carbocycles. The van der Waals surface area contributed by atoms with Crippen LogP contribution in [0.25, 0.3) is 0 Å². The first-order valence-corrected chi connectivity index (χ1v) is 13.9. The minimum atomic E-state index is 0.00515. The molecule has 190 valence electrons. The number of aromatic nitrogens is 1. The number of nitrogens with zero attached hydrogens (tertiary/aromatic N) is 3. The third-order valence-electron chi connectivity index (χ3n) is 9.39. The monoisotopic (exact) mass is 486 g/mol. The van der Waals surface area contributed by atoms with Gasteiger partial charge in [-0.05, 0) is 92.5 Å². The normalized spacial score (nSPS) is 26.2. The second-order valence-electron chi connectivity index (χ2n) is 11.6. The number of amides is 2. The predicted octanol–water partition coefficient (Wildman–Crippen LogP) is 5.00. The number of fused-ring (bicyclic) bond motifs is 2. The number of hydrogen-bond acceptors (Lipinski definition) is 4. The van der Waals surface area contributed by atoms with E-state index in [9.17, 15) is 9.59 Å². The molecule has 2 aliphatic heterocycles. The van der Waals surface area contributed by atoms with Crippen LogP contribution in [0.2, 0.25) is 0 Å². The van der Waals surface area contributed by atoms with E-state index in [1.807, 2.05) is 25.1 Å². The Morgan fingerprint density at radius 1 is 1.00 bits per heavy atom. The number of carbonyl (C=O) groups is 2. The van der Waals surface area contributed by atoms with Crippen LogP contribution in [0, 0.1) is 30.6 Å². The lowest BCUT2D eigenvalue weighted by atomic mass is 9.85. The van der Waals surface area contributed by atoms with Gasteiger partial charge in [0.1, 0.15) is 0 Å². The molecule has 1 N–H and O–H groups in total. The van der Waals surface area contributed by atoms with E-state index in [0.29, 0.717) is 17.7 Å². The smallest absolute Gasteiger partial charge is 0.231 e. The lowest BCUT2D eigenvalue weighted by molar-refractivity contribution is -0.133. The van der Waals surface area contributed by atoms with Crippen LogP contribution in [0.5, 0.6) is 0 Å². The quantitative estimate of drug-likeness (QED) is 0.624. The van der Waals surface area contributed by atoms with Crippen LogP contribution in [0.3, 0.4) is 0 Å². The minimum absolute atomic E-state index is 0.00515. The highest BCUT2D eigenvalue weighted by Crippen LogP contribution is 2.49. The number of hydrogen-bond donors (Lipinski definition) is 1. The molecule has 3 heterocycles. The Morgan fingerprint density at radius 3 is 2.44 bits per heavy atom. The molecule has 4 fully saturated rings. The first-order chi connectivity index (χ1) is 17.5. The average Bonchev–Trinajstić information content (AvgIpc) is 3.48. The molecule has 1 aromatic heterocycles. The molecule has 3 atom stereocenters. The number of anilines is 2. The summed E-state index contributed by atoms with van der Waals surface area (Å²) in [5.41, 5.74) is 4.29. The Morgan fingerprint density at radius 2 is 1.78 bits per heavy atom. The average molecular weight is 487 g/mol. The molecule has 2 saturated heterocycles. The van der Waals surface area contributed by atoms with Crippen molar-refractivity contribution in [2.45, 2.75) is 57.8 Å². The summed E-state index contributed by atoms with van der Waals surface area (Å²) in [6, 6.07) is 12.4. The predicted molar refractivity (Wildman–Crippen MR) is 142 cm³/mol. The number of pyridine rings is 1. The molecular weight excluding hydrogens is 448 g/mol. The van der Waals surface area contributed by atoms with Gasteiger partial charge in [0.2, 0.25) is 11.8 Å². The molecule has 36 heavy (non-hydrogen) atoms. The van der Waals surface area contributed by atoms with E-state index in [4.69, 9.17) is 0 Å². The van der Waals surface area contributed by atoms with Gasteiger partial charge in [-0.2, -0.15) is 0 Å². The van der Waals surface area contributed by atoms with E-state index >= 15 is 0 Å².